The number of thioether (sulfide) groups is 1. The van der Waals surface area contributed by atoms with E-state index in [-0.39, 0.29) is 28.6 Å². The third-order valence-corrected chi connectivity index (χ3v) is 9.22. The summed E-state index contributed by atoms with van der Waals surface area (Å²) in [5, 5.41) is 15.8. The first-order valence-electron chi connectivity index (χ1n) is 10.1. The summed E-state index contributed by atoms with van der Waals surface area (Å²) < 4.78 is 31.1. The fraction of sp³-hybridized carbons (Fsp3) is 0.450. The first-order chi connectivity index (χ1) is 15.5. The highest BCUT2D eigenvalue weighted by molar-refractivity contribution is 8.01. The normalized spacial score (nSPS) is 19.2. The van der Waals surface area contributed by atoms with Gasteiger partial charge in [-0.05, 0) is 25.0 Å². The lowest BCUT2D eigenvalue weighted by atomic mass is 10.1. The van der Waals surface area contributed by atoms with Gasteiger partial charge in [0.2, 0.25) is 0 Å². The van der Waals surface area contributed by atoms with Crippen LogP contribution in [0.3, 0.4) is 0 Å². The van der Waals surface area contributed by atoms with E-state index in [1.54, 1.807) is 18.3 Å². The SMILES string of the molecule is O=C(Nc1ncc(SCCO)s1)C(=NO[C@@H]1CCOC1)c1ccc(S(=O)(=O)C2CC2)cc1. The van der Waals surface area contributed by atoms with Gasteiger partial charge >= 0.3 is 0 Å². The molecule has 1 aromatic heterocycles. The van der Waals surface area contributed by atoms with Crippen LogP contribution in [0.25, 0.3) is 0 Å². The molecule has 2 N–H and O–H groups in total. The molecular weight excluding hydrogens is 474 g/mol. The maximum absolute atomic E-state index is 13.0. The van der Waals surface area contributed by atoms with Crippen LogP contribution in [0.5, 0.6) is 0 Å². The highest BCUT2D eigenvalue weighted by Gasteiger charge is 2.36. The van der Waals surface area contributed by atoms with Gasteiger partial charge in [-0.3, -0.25) is 10.1 Å². The first-order valence-corrected chi connectivity index (χ1v) is 13.5. The van der Waals surface area contributed by atoms with Crippen LogP contribution in [-0.4, -0.2) is 67.1 Å². The molecular formula is C20H23N3O6S3. The van der Waals surface area contributed by atoms with Gasteiger partial charge in [0.05, 0.1) is 40.4 Å². The van der Waals surface area contributed by atoms with E-state index in [1.807, 2.05) is 0 Å². The zero-order valence-electron chi connectivity index (χ0n) is 17.1. The topological polar surface area (TPSA) is 127 Å². The Morgan fingerprint density at radius 3 is 2.75 bits per heavy atom. The number of carbonyl (C=O) groups excluding carboxylic acids is 1. The maximum Gasteiger partial charge on any atom is 0.280 e. The van der Waals surface area contributed by atoms with Crippen LogP contribution >= 0.6 is 23.1 Å². The smallest absolute Gasteiger partial charge is 0.280 e. The lowest BCUT2D eigenvalue weighted by Crippen LogP contribution is -2.25. The zero-order chi connectivity index (χ0) is 22.6. The van der Waals surface area contributed by atoms with Gasteiger partial charge in [0.15, 0.2) is 26.8 Å². The molecule has 9 nitrogen and oxygen atoms in total. The van der Waals surface area contributed by atoms with Crippen LogP contribution in [0.15, 0.2) is 44.7 Å². The number of anilines is 1. The summed E-state index contributed by atoms with van der Waals surface area (Å²) in [5.74, 6) is 0.0187. The maximum atomic E-state index is 13.0. The molecule has 1 aliphatic heterocycles. The summed E-state index contributed by atoms with van der Waals surface area (Å²) in [5.41, 5.74) is 0.453. The fourth-order valence-corrected chi connectivity index (χ4v) is 6.35. The third kappa shape index (κ3) is 5.67. The molecule has 1 aliphatic carbocycles. The van der Waals surface area contributed by atoms with Gasteiger partial charge in [-0.1, -0.05) is 28.6 Å². The van der Waals surface area contributed by atoms with Crippen molar-refractivity contribution in [3.05, 3.63) is 36.0 Å². The van der Waals surface area contributed by atoms with Crippen LogP contribution < -0.4 is 5.32 Å². The highest BCUT2D eigenvalue weighted by atomic mass is 32.2. The van der Waals surface area contributed by atoms with Gasteiger partial charge in [-0.15, -0.1) is 11.8 Å². The summed E-state index contributed by atoms with van der Waals surface area (Å²) in [6, 6.07) is 6.12. The van der Waals surface area contributed by atoms with Crippen molar-refractivity contribution in [3.8, 4) is 0 Å². The Morgan fingerprint density at radius 2 is 2.09 bits per heavy atom. The molecule has 1 amide bonds. The molecule has 0 spiro atoms. The fourth-order valence-electron chi connectivity index (χ4n) is 3.01. The van der Waals surface area contributed by atoms with Crippen molar-refractivity contribution in [2.24, 2.45) is 5.16 Å². The van der Waals surface area contributed by atoms with E-state index in [4.69, 9.17) is 14.7 Å². The van der Waals surface area contributed by atoms with E-state index in [0.29, 0.717) is 48.9 Å². The van der Waals surface area contributed by atoms with Gasteiger partial charge in [0, 0.05) is 17.7 Å². The molecule has 0 bridgehead atoms. The Kier molecular flexibility index (Phi) is 7.46. The number of amides is 1. The van der Waals surface area contributed by atoms with Gasteiger partial charge in [0.1, 0.15) is 0 Å². The number of carbonyl (C=O) groups is 1. The number of nitrogens with one attached hydrogen (secondary N) is 1. The monoisotopic (exact) mass is 497 g/mol. The predicted octanol–water partition coefficient (Wildman–Crippen LogP) is 2.31. The second kappa shape index (κ2) is 10.3. The van der Waals surface area contributed by atoms with Crippen molar-refractivity contribution in [3.63, 3.8) is 0 Å². The average molecular weight is 498 g/mol. The number of nitrogens with zero attached hydrogens (tertiary/aromatic N) is 2. The van der Waals surface area contributed by atoms with Crippen molar-refractivity contribution >= 4 is 49.7 Å². The van der Waals surface area contributed by atoms with Crippen molar-refractivity contribution in [1.29, 1.82) is 0 Å². The molecule has 1 atom stereocenters. The Labute approximate surface area is 194 Å². The zero-order valence-corrected chi connectivity index (χ0v) is 19.5. The molecule has 2 heterocycles. The van der Waals surface area contributed by atoms with Crippen molar-refractivity contribution in [2.45, 2.75) is 39.7 Å². The van der Waals surface area contributed by atoms with Gasteiger partial charge in [-0.2, -0.15) is 0 Å². The van der Waals surface area contributed by atoms with Crippen LogP contribution in [0.2, 0.25) is 0 Å². The number of aliphatic hydroxyl groups is 1. The Bertz CT molecular complexity index is 1070. The van der Waals surface area contributed by atoms with Gasteiger partial charge < -0.3 is 14.7 Å². The van der Waals surface area contributed by atoms with Gasteiger partial charge in [0.25, 0.3) is 5.91 Å². The minimum absolute atomic E-state index is 0.0204. The van der Waals surface area contributed by atoms with Crippen LogP contribution in [-0.2, 0) is 24.2 Å². The number of thiazole rings is 1. The highest BCUT2D eigenvalue weighted by Crippen LogP contribution is 2.33. The molecule has 2 aliphatic rings. The summed E-state index contributed by atoms with van der Waals surface area (Å²) in [6.07, 6.45) is 3.43. The van der Waals surface area contributed by atoms with Gasteiger partial charge in [-0.25, -0.2) is 13.4 Å². The molecule has 2 aromatic rings. The summed E-state index contributed by atoms with van der Waals surface area (Å²) in [6.45, 7) is 1.02. The first kappa shape index (κ1) is 23.2. The molecule has 2 fully saturated rings. The molecule has 1 saturated heterocycles. The molecule has 4 rings (SSSR count). The lowest BCUT2D eigenvalue weighted by Gasteiger charge is -2.10. The number of rotatable bonds is 10. The van der Waals surface area contributed by atoms with Crippen molar-refractivity contribution in [2.75, 3.05) is 30.9 Å². The number of hydrogen-bond acceptors (Lipinski definition) is 10. The number of ether oxygens (including phenoxy) is 1. The van der Waals surface area contributed by atoms with Crippen molar-refractivity contribution < 1.29 is 27.9 Å². The predicted molar refractivity (Wildman–Crippen MR) is 122 cm³/mol. The minimum Gasteiger partial charge on any atom is -0.396 e. The number of oxime groups is 1. The van der Waals surface area contributed by atoms with Crippen LogP contribution in [0, 0.1) is 0 Å². The van der Waals surface area contributed by atoms with E-state index >= 15 is 0 Å². The van der Waals surface area contributed by atoms with Crippen molar-refractivity contribution in [1.82, 2.24) is 4.98 Å². The number of aliphatic hydroxyl groups excluding tert-OH is 1. The number of benzene rings is 1. The Morgan fingerprint density at radius 1 is 1.31 bits per heavy atom. The van der Waals surface area contributed by atoms with E-state index in [9.17, 15) is 13.2 Å². The number of hydrogen-bond donors (Lipinski definition) is 2. The largest absolute Gasteiger partial charge is 0.396 e. The third-order valence-electron chi connectivity index (χ3n) is 4.86. The number of sulfone groups is 1. The molecule has 12 heteroatoms. The molecule has 0 unspecified atom stereocenters. The minimum atomic E-state index is -3.32. The summed E-state index contributed by atoms with van der Waals surface area (Å²) in [7, 11) is -3.32. The second-order valence-electron chi connectivity index (χ2n) is 7.31. The van der Waals surface area contributed by atoms with Crippen LogP contribution in [0.4, 0.5) is 5.13 Å². The number of aromatic nitrogens is 1. The molecule has 172 valence electrons. The summed E-state index contributed by atoms with van der Waals surface area (Å²) in [4.78, 5) is 22.9. The van der Waals surface area contributed by atoms with Crippen LogP contribution in [0.1, 0.15) is 24.8 Å². The molecule has 32 heavy (non-hydrogen) atoms. The van der Waals surface area contributed by atoms with E-state index < -0.39 is 15.7 Å². The molecule has 1 aromatic carbocycles. The molecule has 1 saturated carbocycles. The Balaban J connectivity index is 1.53. The molecule has 0 radical (unpaired) electrons. The average Bonchev–Trinajstić information content (AvgIpc) is 3.36. The van der Waals surface area contributed by atoms with E-state index in [1.165, 1.54) is 35.2 Å². The lowest BCUT2D eigenvalue weighted by molar-refractivity contribution is -0.110. The van der Waals surface area contributed by atoms with E-state index in [0.717, 1.165) is 4.21 Å². The quantitative estimate of drug-likeness (QED) is 0.291. The van der Waals surface area contributed by atoms with E-state index in [2.05, 4.69) is 15.5 Å². The Hall–Kier alpha value is -1.99. The summed E-state index contributed by atoms with van der Waals surface area (Å²) >= 11 is 2.73. The second-order valence-corrected chi connectivity index (χ2v) is 12.0. The standard InChI is InChI=1S/C20H23N3O6S3/c24-8-10-30-17-11-21-20(31-17)22-19(25)18(23-29-14-7-9-28-12-14)13-1-3-15(4-2-13)32(26,27)16-5-6-16/h1-4,11,14,16,24H,5-10,12H2,(H,21,22,25)/t14-/m1/s1.